The zero-order valence-corrected chi connectivity index (χ0v) is 20.3. The van der Waals surface area contributed by atoms with Crippen LogP contribution in [0.1, 0.15) is 50.1 Å². The molecule has 0 amide bonds. The molecule has 0 saturated carbocycles. The van der Waals surface area contributed by atoms with Crippen molar-refractivity contribution in [1.82, 2.24) is 29.7 Å². The van der Waals surface area contributed by atoms with Crippen molar-refractivity contribution < 1.29 is 23.0 Å². The summed E-state index contributed by atoms with van der Waals surface area (Å²) in [5, 5.41) is 17.4. The highest BCUT2D eigenvalue weighted by Gasteiger charge is 2.37. The second-order valence-electron chi connectivity index (χ2n) is 8.55. The second-order valence-corrected chi connectivity index (χ2v) is 10.9. The summed E-state index contributed by atoms with van der Waals surface area (Å²) in [5.41, 5.74) is 1.44. The molecule has 3 atom stereocenters. The van der Waals surface area contributed by atoms with Gasteiger partial charge in [0.05, 0.1) is 29.6 Å². The van der Waals surface area contributed by atoms with E-state index in [1.54, 1.807) is 42.2 Å². The van der Waals surface area contributed by atoms with Crippen molar-refractivity contribution in [2.24, 2.45) is 0 Å². The van der Waals surface area contributed by atoms with Crippen LogP contribution in [0.15, 0.2) is 30.7 Å². The lowest BCUT2D eigenvalue weighted by atomic mass is 10.2. The molecule has 0 unspecified atom stereocenters. The Bertz CT molecular complexity index is 1240. The van der Waals surface area contributed by atoms with Crippen molar-refractivity contribution in [1.29, 1.82) is 0 Å². The number of aryl methyl sites for hydroxylation is 1. The van der Waals surface area contributed by atoms with Gasteiger partial charge in [-0.1, -0.05) is 0 Å². The third kappa shape index (κ3) is 4.79. The van der Waals surface area contributed by atoms with Gasteiger partial charge < -0.3 is 19.1 Å². The first kappa shape index (κ1) is 24.2. The van der Waals surface area contributed by atoms with Crippen molar-refractivity contribution in [3.8, 4) is 17.3 Å². The third-order valence-corrected chi connectivity index (χ3v) is 7.60. The summed E-state index contributed by atoms with van der Waals surface area (Å²) < 4.78 is 40.4. The molecular formula is C22H28N6O5S. The summed E-state index contributed by atoms with van der Waals surface area (Å²) >= 11 is 0. The summed E-state index contributed by atoms with van der Waals surface area (Å²) in [6.45, 7) is 6.92. The fraction of sp³-hybridized carbons (Fsp3) is 0.500. The van der Waals surface area contributed by atoms with Gasteiger partial charge in [0, 0.05) is 18.6 Å². The maximum absolute atomic E-state index is 13.6. The number of ether oxygens (including phenoxy) is 2. The molecule has 1 aliphatic rings. The zero-order valence-electron chi connectivity index (χ0n) is 19.5. The van der Waals surface area contributed by atoms with Crippen molar-refractivity contribution in [3.05, 3.63) is 47.9 Å². The van der Waals surface area contributed by atoms with E-state index in [2.05, 4.69) is 25.1 Å². The van der Waals surface area contributed by atoms with E-state index in [0.29, 0.717) is 23.1 Å². The molecule has 0 aromatic carbocycles. The molecule has 0 spiro atoms. The largest absolute Gasteiger partial charge is 0.475 e. The van der Waals surface area contributed by atoms with Gasteiger partial charge in [0.1, 0.15) is 24.3 Å². The molecule has 0 fully saturated rings. The minimum absolute atomic E-state index is 0.102. The molecule has 182 valence electrons. The fourth-order valence-electron chi connectivity index (χ4n) is 3.77. The summed E-state index contributed by atoms with van der Waals surface area (Å²) in [5.74, 6) is 0.856. The third-order valence-electron chi connectivity index (χ3n) is 5.56. The van der Waals surface area contributed by atoms with Crippen LogP contribution in [0.3, 0.4) is 0 Å². The van der Waals surface area contributed by atoms with Crippen LogP contribution in [0.5, 0.6) is 5.88 Å². The quantitative estimate of drug-likeness (QED) is 0.499. The molecule has 1 N–H and O–H groups in total. The number of aliphatic hydroxyl groups is 1. The highest BCUT2D eigenvalue weighted by Crippen LogP contribution is 2.34. The van der Waals surface area contributed by atoms with Gasteiger partial charge in [-0.2, -0.15) is 0 Å². The molecule has 4 heterocycles. The standard InChI is InChI=1S/C22H28N6O5S/c1-13(2)33-19(20-24-8-14(3)9-25-20)15(4)34(30,31)12-18-26-27-21-17-6-5-7-23-22(17)32-11-16(10-29)28(18)21/h5-9,13,15-16,19,29H,10-12H2,1-4H3/t15-,16-,19+/m0/s1. The smallest absolute Gasteiger partial charge is 0.224 e. The minimum Gasteiger partial charge on any atom is -0.475 e. The molecule has 1 aliphatic heterocycles. The Morgan fingerprint density at radius 1 is 1.21 bits per heavy atom. The SMILES string of the molecule is Cc1cnc([C@H](OC(C)C)[C@H](C)S(=O)(=O)Cc2nnc3n2[C@@H](CO)COc2ncccc2-3)nc1. The summed E-state index contributed by atoms with van der Waals surface area (Å²) in [6, 6.07) is 2.93. The lowest BCUT2D eigenvalue weighted by Gasteiger charge is -2.25. The molecule has 12 heteroatoms. The number of hydrogen-bond donors (Lipinski definition) is 1. The van der Waals surface area contributed by atoms with Gasteiger partial charge >= 0.3 is 0 Å². The lowest BCUT2D eigenvalue weighted by Crippen LogP contribution is -2.32. The molecule has 0 bridgehead atoms. The van der Waals surface area contributed by atoms with E-state index >= 15 is 0 Å². The summed E-state index contributed by atoms with van der Waals surface area (Å²) in [6.07, 6.45) is 3.76. The van der Waals surface area contributed by atoms with E-state index < -0.39 is 33.0 Å². The first-order valence-corrected chi connectivity index (χ1v) is 12.7. The molecule has 0 saturated heterocycles. The molecule has 3 aromatic heterocycles. The number of rotatable bonds is 8. The predicted molar refractivity (Wildman–Crippen MR) is 123 cm³/mol. The van der Waals surface area contributed by atoms with Crippen LogP contribution >= 0.6 is 0 Å². The number of sulfone groups is 1. The Balaban J connectivity index is 1.69. The van der Waals surface area contributed by atoms with Gasteiger partial charge in [-0.25, -0.2) is 23.4 Å². The van der Waals surface area contributed by atoms with Crippen LogP contribution in [0.25, 0.3) is 11.4 Å². The van der Waals surface area contributed by atoms with E-state index in [9.17, 15) is 13.5 Å². The Morgan fingerprint density at radius 3 is 2.62 bits per heavy atom. The molecule has 0 radical (unpaired) electrons. The Labute approximate surface area is 198 Å². The second kappa shape index (κ2) is 9.72. The van der Waals surface area contributed by atoms with Crippen LogP contribution in [-0.4, -0.2) is 67.8 Å². The fourth-order valence-corrected chi connectivity index (χ4v) is 5.16. The monoisotopic (exact) mass is 488 g/mol. The molecular weight excluding hydrogens is 460 g/mol. The Kier molecular flexibility index (Phi) is 6.91. The summed E-state index contributed by atoms with van der Waals surface area (Å²) in [4.78, 5) is 12.8. The number of hydrogen-bond acceptors (Lipinski definition) is 10. The van der Waals surface area contributed by atoms with Gasteiger partial charge in [-0.3, -0.25) is 0 Å². The first-order valence-electron chi connectivity index (χ1n) is 11.0. The topological polar surface area (TPSA) is 142 Å². The van der Waals surface area contributed by atoms with E-state index in [1.807, 2.05) is 20.8 Å². The normalized spacial score (nSPS) is 17.4. The Morgan fingerprint density at radius 2 is 1.94 bits per heavy atom. The van der Waals surface area contributed by atoms with Crippen molar-refractivity contribution in [2.75, 3.05) is 13.2 Å². The van der Waals surface area contributed by atoms with Gasteiger partial charge in [0.2, 0.25) is 5.88 Å². The van der Waals surface area contributed by atoms with E-state index in [4.69, 9.17) is 9.47 Å². The maximum atomic E-state index is 13.6. The number of nitrogens with zero attached hydrogens (tertiary/aromatic N) is 6. The molecule has 34 heavy (non-hydrogen) atoms. The van der Waals surface area contributed by atoms with Crippen LogP contribution in [0.2, 0.25) is 0 Å². The van der Waals surface area contributed by atoms with Gasteiger partial charge in [0.15, 0.2) is 21.5 Å². The van der Waals surface area contributed by atoms with Crippen molar-refractivity contribution in [3.63, 3.8) is 0 Å². The highest BCUT2D eigenvalue weighted by molar-refractivity contribution is 7.91. The molecule has 3 aromatic rings. The minimum atomic E-state index is -3.81. The van der Waals surface area contributed by atoms with Gasteiger partial charge in [-0.05, 0) is 45.4 Å². The van der Waals surface area contributed by atoms with Crippen LogP contribution in [0, 0.1) is 6.92 Å². The predicted octanol–water partition coefficient (Wildman–Crippen LogP) is 1.83. The van der Waals surface area contributed by atoms with Crippen LogP contribution < -0.4 is 4.74 Å². The van der Waals surface area contributed by atoms with E-state index in [1.165, 1.54) is 0 Å². The zero-order chi connectivity index (χ0) is 24.5. The number of pyridine rings is 1. The van der Waals surface area contributed by atoms with Crippen LogP contribution in [-0.2, 0) is 20.3 Å². The van der Waals surface area contributed by atoms with Crippen molar-refractivity contribution >= 4 is 9.84 Å². The van der Waals surface area contributed by atoms with Crippen molar-refractivity contribution in [2.45, 2.75) is 56.9 Å². The van der Waals surface area contributed by atoms with E-state index in [-0.39, 0.29) is 25.1 Å². The number of aromatic nitrogens is 6. The average Bonchev–Trinajstić information content (AvgIpc) is 3.12. The first-order chi connectivity index (χ1) is 16.2. The molecule has 11 nitrogen and oxygen atoms in total. The molecule has 0 aliphatic carbocycles. The Hall–Kier alpha value is -2.96. The lowest BCUT2D eigenvalue weighted by molar-refractivity contribution is 0.00140. The molecule has 4 rings (SSSR count). The van der Waals surface area contributed by atoms with Gasteiger partial charge in [-0.15, -0.1) is 10.2 Å². The highest BCUT2D eigenvalue weighted by atomic mass is 32.2. The average molecular weight is 489 g/mol. The summed E-state index contributed by atoms with van der Waals surface area (Å²) in [7, 11) is -3.81. The number of fused-ring (bicyclic) bond motifs is 3. The van der Waals surface area contributed by atoms with Crippen LogP contribution in [0.4, 0.5) is 0 Å². The number of aliphatic hydroxyl groups excluding tert-OH is 1. The van der Waals surface area contributed by atoms with Gasteiger partial charge in [0.25, 0.3) is 0 Å². The van der Waals surface area contributed by atoms with E-state index in [0.717, 1.165) is 5.56 Å². The maximum Gasteiger partial charge on any atom is 0.224 e.